The number of hydrogen-bond acceptors (Lipinski definition) is 3. The van der Waals surface area contributed by atoms with Crippen LogP contribution in [0.5, 0.6) is 0 Å². The topological polar surface area (TPSA) is 60.8 Å². The molecule has 1 aliphatic heterocycles. The van der Waals surface area contributed by atoms with Crippen molar-refractivity contribution < 1.29 is 15.0 Å². The van der Waals surface area contributed by atoms with E-state index in [-0.39, 0.29) is 12.4 Å². The molecule has 2 rings (SSSR count). The molecular formula is C10H18ClNO3. The molecule has 1 aliphatic carbocycles. The van der Waals surface area contributed by atoms with Gasteiger partial charge in [-0.1, -0.05) is 0 Å². The van der Waals surface area contributed by atoms with Crippen LogP contribution in [0.15, 0.2) is 0 Å². The van der Waals surface area contributed by atoms with Gasteiger partial charge >= 0.3 is 5.97 Å². The predicted molar refractivity (Wildman–Crippen MR) is 58.2 cm³/mol. The van der Waals surface area contributed by atoms with Crippen LogP contribution < -0.4 is 0 Å². The lowest BCUT2D eigenvalue weighted by molar-refractivity contribution is -0.160. The molecule has 0 spiro atoms. The summed E-state index contributed by atoms with van der Waals surface area (Å²) in [4.78, 5) is 13.2. The van der Waals surface area contributed by atoms with Gasteiger partial charge in [0.05, 0.1) is 11.0 Å². The lowest BCUT2D eigenvalue weighted by atomic mass is 9.77. The standard InChI is InChI=1S/C10H17NO3.ClH/c1-11-6-4-10(14,5-7-11)9(2-3-9)8(12)13;/h14H,2-7H2,1H3,(H,12,13);1H. The summed E-state index contributed by atoms with van der Waals surface area (Å²) in [6, 6.07) is 0. The number of rotatable bonds is 2. The first-order valence-electron chi connectivity index (χ1n) is 5.15. The summed E-state index contributed by atoms with van der Waals surface area (Å²) in [5.74, 6) is -0.815. The maximum atomic E-state index is 11.1. The Balaban J connectivity index is 0.00000112. The molecule has 0 atom stereocenters. The molecule has 1 saturated carbocycles. The van der Waals surface area contributed by atoms with Crippen molar-refractivity contribution in [1.29, 1.82) is 0 Å². The fourth-order valence-electron chi connectivity index (χ4n) is 2.47. The molecule has 2 N–H and O–H groups in total. The van der Waals surface area contributed by atoms with Crippen molar-refractivity contribution in [1.82, 2.24) is 4.90 Å². The second-order valence-corrected chi connectivity index (χ2v) is 4.72. The van der Waals surface area contributed by atoms with Gasteiger partial charge in [0.1, 0.15) is 0 Å². The third-order valence-corrected chi connectivity index (χ3v) is 3.86. The van der Waals surface area contributed by atoms with E-state index < -0.39 is 17.0 Å². The second-order valence-electron chi connectivity index (χ2n) is 4.72. The number of carboxylic acids is 1. The van der Waals surface area contributed by atoms with Crippen LogP contribution in [0.3, 0.4) is 0 Å². The van der Waals surface area contributed by atoms with Crippen LogP contribution in [0.25, 0.3) is 0 Å². The van der Waals surface area contributed by atoms with Crippen LogP contribution in [0.1, 0.15) is 25.7 Å². The highest BCUT2D eigenvalue weighted by molar-refractivity contribution is 5.85. The second kappa shape index (κ2) is 3.92. The maximum absolute atomic E-state index is 11.1. The predicted octanol–water partition coefficient (Wildman–Crippen LogP) is 0.730. The van der Waals surface area contributed by atoms with Crippen LogP contribution in [-0.4, -0.2) is 46.8 Å². The Labute approximate surface area is 95.7 Å². The molecule has 0 radical (unpaired) electrons. The summed E-state index contributed by atoms with van der Waals surface area (Å²) in [5.41, 5.74) is -1.76. The molecule has 0 aromatic rings. The highest BCUT2D eigenvalue weighted by atomic mass is 35.5. The van der Waals surface area contributed by atoms with Crippen LogP contribution in [0.4, 0.5) is 0 Å². The first kappa shape index (κ1) is 12.7. The van der Waals surface area contributed by atoms with E-state index in [2.05, 4.69) is 4.90 Å². The molecule has 0 bridgehead atoms. The summed E-state index contributed by atoms with van der Waals surface area (Å²) in [7, 11) is 2.00. The van der Waals surface area contributed by atoms with E-state index in [0.717, 1.165) is 13.1 Å². The fraction of sp³-hybridized carbons (Fsp3) is 0.900. The van der Waals surface area contributed by atoms with Crippen LogP contribution >= 0.6 is 12.4 Å². The molecule has 5 heteroatoms. The van der Waals surface area contributed by atoms with E-state index in [4.69, 9.17) is 5.11 Å². The van der Waals surface area contributed by atoms with E-state index in [1.165, 1.54) is 0 Å². The summed E-state index contributed by atoms with van der Waals surface area (Å²) < 4.78 is 0. The summed E-state index contributed by atoms with van der Waals surface area (Å²) >= 11 is 0. The zero-order chi connectivity index (χ0) is 10.4. The van der Waals surface area contributed by atoms with Gasteiger partial charge < -0.3 is 15.1 Å². The zero-order valence-electron chi connectivity index (χ0n) is 8.90. The molecule has 0 aromatic carbocycles. The Morgan fingerprint density at radius 2 is 1.67 bits per heavy atom. The highest BCUT2D eigenvalue weighted by Crippen LogP contribution is 2.57. The minimum absolute atomic E-state index is 0. The van der Waals surface area contributed by atoms with Crippen LogP contribution in [0.2, 0.25) is 0 Å². The number of likely N-dealkylation sites (tertiary alicyclic amines) is 1. The number of carboxylic acid groups (broad SMARTS) is 1. The monoisotopic (exact) mass is 235 g/mol. The Morgan fingerprint density at radius 1 is 1.20 bits per heavy atom. The average molecular weight is 236 g/mol. The van der Waals surface area contributed by atoms with E-state index in [0.29, 0.717) is 25.7 Å². The molecule has 4 nitrogen and oxygen atoms in total. The Morgan fingerprint density at radius 3 is 2.00 bits per heavy atom. The largest absolute Gasteiger partial charge is 0.481 e. The minimum atomic E-state index is -0.953. The van der Waals surface area contributed by atoms with Gasteiger partial charge in [0.2, 0.25) is 0 Å². The maximum Gasteiger partial charge on any atom is 0.312 e. The van der Waals surface area contributed by atoms with Crippen molar-refractivity contribution in [3.63, 3.8) is 0 Å². The Hall–Kier alpha value is -0.320. The number of aliphatic hydroxyl groups is 1. The molecule has 0 unspecified atom stereocenters. The SMILES string of the molecule is CN1CCC(O)(C2(C(=O)O)CC2)CC1.Cl. The number of carbonyl (C=O) groups is 1. The number of aliphatic carboxylic acids is 1. The molecule has 15 heavy (non-hydrogen) atoms. The zero-order valence-corrected chi connectivity index (χ0v) is 9.72. The van der Waals surface area contributed by atoms with Crippen molar-refractivity contribution in [3.05, 3.63) is 0 Å². The molecule has 88 valence electrons. The molecule has 1 heterocycles. The summed E-state index contributed by atoms with van der Waals surface area (Å²) in [5, 5.41) is 19.5. The van der Waals surface area contributed by atoms with E-state index in [1.807, 2.05) is 7.05 Å². The number of nitrogens with zero attached hydrogens (tertiary/aromatic N) is 1. The normalized spacial score (nSPS) is 27.9. The highest BCUT2D eigenvalue weighted by Gasteiger charge is 2.64. The Kier molecular flexibility index (Phi) is 3.33. The smallest absolute Gasteiger partial charge is 0.312 e. The third-order valence-electron chi connectivity index (χ3n) is 3.86. The summed E-state index contributed by atoms with van der Waals surface area (Å²) in [6.45, 7) is 1.59. The van der Waals surface area contributed by atoms with Gasteiger partial charge in [-0.2, -0.15) is 0 Å². The van der Waals surface area contributed by atoms with Gasteiger partial charge in [0.25, 0.3) is 0 Å². The number of halogens is 1. The molecule has 2 fully saturated rings. The number of piperidine rings is 1. The van der Waals surface area contributed by atoms with Gasteiger partial charge in [-0.05, 0) is 32.7 Å². The first-order chi connectivity index (χ1) is 6.50. The van der Waals surface area contributed by atoms with Crippen molar-refractivity contribution >= 4 is 18.4 Å². The summed E-state index contributed by atoms with van der Waals surface area (Å²) in [6.07, 6.45) is 2.47. The van der Waals surface area contributed by atoms with Gasteiger partial charge in [-0.3, -0.25) is 4.79 Å². The van der Waals surface area contributed by atoms with Crippen LogP contribution in [-0.2, 0) is 4.79 Å². The van der Waals surface area contributed by atoms with E-state index in [1.54, 1.807) is 0 Å². The Bertz CT molecular complexity index is 257. The quantitative estimate of drug-likeness (QED) is 0.741. The third kappa shape index (κ3) is 1.86. The number of hydrogen-bond donors (Lipinski definition) is 2. The van der Waals surface area contributed by atoms with Crippen molar-refractivity contribution in [2.24, 2.45) is 5.41 Å². The van der Waals surface area contributed by atoms with Crippen molar-refractivity contribution in [2.45, 2.75) is 31.3 Å². The van der Waals surface area contributed by atoms with Gasteiger partial charge in [0, 0.05) is 13.1 Å². The molecule has 0 amide bonds. The average Bonchev–Trinajstić information content (AvgIpc) is 2.91. The van der Waals surface area contributed by atoms with Gasteiger partial charge in [-0.15, -0.1) is 12.4 Å². The molecular weight excluding hydrogens is 218 g/mol. The van der Waals surface area contributed by atoms with Gasteiger partial charge in [0.15, 0.2) is 0 Å². The molecule has 2 aliphatic rings. The first-order valence-corrected chi connectivity index (χ1v) is 5.15. The lowest BCUT2D eigenvalue weighted by Crippen LogP contribution is -2.51. The van der Waals surface area contributed by atoms with Crippen LogP contribution in [0, 0.1) is 5.41 Å². The fourth-order valence-corrected chi connectivity index (χ4v) is 2.47. The van der Waals surface area contributed by atoms with E-state index in [9.17, 15) is 9.90 Å². The minimum Gasteiger partial charge on any atom is -0.481 e. The van der Waals surface area contributed by atoms with E-state index >= 15 is 0 Å². The molecule has 1 saturated heterocycles. The van der Waals surface area contributed by atoms with Gasteiger partial charge in [-0.25, -0.2) is 0 Å². The lowest BCUT2D eigenvalue weighted by Gasteiger charge is -2.40. The van der Waals surface area contributed by atoms with Crippen molar-refractivity contribution in [3.8, 4) is 0 Å². The molecule has 0 aromatic heterocycles. The van der Waals surface area contributed by atoms with Crippen molar-refractivity contribution in [2.75, 3.05) is 20.1 Å².